The number of aliphatic hydroxyl groups is 1. The summed E-state index contributed by atoms with van der Waals surface area (Å²) in [5.74, 6) is -0.500. The lowest BCUT2D eigenvalue weighted by Crippen LogP contribution is -2.44. The van der Waals surface area contributed by atoms with Gasteiger partial charge in [0.15, 0.2) is 0 Å². The lowest BCUT2D eigenvalue weighted by molar-refractivity contribution is 0.116. The number of halogens is 2. The predicted octanol–water partition coefficient (Wildman–Crippen LogP) is 3.42. The number of nitrogens with zero attached hydrogens (tertiary/aromatic N) is 1. The Hall–Kier alpha value is -1.33. The quantitative estimate of drug-likeness (QED) is 0.839. The van der Waals surface area contributed by atoms with Crippen LogP contribution in [0.15, 0.2) is 18.2 Å². The second-order valence-corrected chi connectivity index (χ2v) is 6.74. The third-order valence-electron chi connectivity index (χ3n) is 3.72. The Morgan fingerprint density at radius 1 is 1.50 bits per heavy atom. The molecule has 0 bridgehead atoms. The summed E-state index contributed by atoms with van der Waals surface area (Å²) in [4.78, 5) is 13.7. The molecular weight excluding hydrogens is 307 g/mol. The molecule has 0 radical (unpaired) electrons. The maximum absolute atomic E-state index is 13.3. The third kappa shape index (κ3) is 5.14. The number of carbonyl (C=O) groups excluding carboxylic acids is 1. The van der Waals surface area contributed by atoms with Gasteiger partial charge in [0, 0.05) is 26.2 Å². The van der Waals surface area contributed by atoms with Crippen molar-refractivity contribution in [1.29, 1.82) is 0 Å². The number of benzene rings is 1. The molecule has 1 atom stereocenters. The fourth-order valence-corrected chi connectivity index (χ4v) is 2.37. The van der Waals surface area contributed by atoms with E-state index in [0.717, 1.165) is 0 Å². The number of aliphatic hydroxyl groups excluding tert-OH is 1. The van der Waals surface area contributed by atoms with Crippen LogP contribution >= 0.6 is 11.6 Å². The van der Waals surface area contributed by atoms with Crippen LogP contribution in [0.5, 0.6) is 0 Å². The first kappa shape index (κ1) is 18.7. The lowest BCUT2D eigenvalue weighted by atomic mass is 9.87. The van der Waals surface area contributed by atoms with E-state index in [9.17, 15) is 14.3 Å². The molecule has 0 heterocycles. The van der Waals surface area contributed by atoms with Crippen molar-refractivity contribution in [2.24, 2.45) is 5.41 Å². The van der Waals surface area contributed by atoms with Gasteiger partial charge in [-0.15, -0.1) is 0 Å². The van der Waals surface area contributed by atoms with Crippen molar-refractivity contribution in [1.82, 2.24) is 10.2 Å². The first-order valence-electron chi connectivity index (χ1n) is 7.22. The molecule has 0 aliphatic heterocycles. The lowest BCUT2D eigenvalue weighted by Gasteiger charge is -2.31. The Morgan fingerprint density at radius 2 is 2.14 bits per heavy atom. The SMILES string of the molecule is CC(CC(C)(C)CO)N(C)C(=O)NCc1cccc(F)c1Cl. The molecule has 22 heavy (non-hydrogen) atoms. The van der Waals surface area contributed by atoms with Crippen LogP contribution in [0, 0.1) is 11.2 Å². The molecule has 1 aromatic carbocycles. The van der Waals surface area contributed by atoms with E-state index in [0.29, 0.717) is 12.0 Å². The van der Waals surface area contributed by atoms with Crippen molar-refractivity contribution >= 4 is 17.6 Å². The van der Waals surface area contributed by atoms with E-state index in [1.807, 2.05) is 20.8 Å². The van der Waals surface area contributed by atoms with Gasteiger partial charge >= 0.3 is 6.03 Å². The summed E-state index contributed by atoms with van der Waals surface area (Å²) in [7, 11) is 1.70. The first-order chi connectivity index (χ1) is 10.2. The van der Waals surface area contributed by atoms with Crippen molar-refractivity contribution in [3.63, 3.8) is 0 Å². The third-order valence-corrected chi connectivity index (χ3v) is 4.14. The summed E-state index contributed by atoms with van der Waals surface area (Å²) in [6.07, 6.45) is 0.675. The molecule has 0 aromatic heterocycles. The highest BCUT2D eigenvalue weighted by molar-refractivity contribution is 6.31. The van der Waals surface area contributed by atoms with Crippen LogP contribution in [0.1, 0.15) is 32.8 Å². The molecule has 0 aliphatic carbocycles. The molecule has 2 N–H and O–H groups in total. The van der Waals surface area contributed by atoms with Gasteiger partial charge in [-0.1, -0.05) is 37.6 Å². The number of carbonyl (C=O) groups is 1. The largest absolute Gasteiger partial charge is 0.396 e. The van der Waals surface area contributed by atoms with Gasteiger partial charge in [0.2, 0.25) is 0 Å². The second-order valence-electron chi connectivity index (χ2n) is 6.36. The summed E-state index contributed by atoms with van der Waals surface area (Å²) >= 11 is 5.86. The van der Waals surface area contributed by atoms with E-state index in [4.69, 9.17) is 11.6 Å². The maximum Gasteiger partial charge on any atom is 0.317 e. The highest BCUT2D eigenvalue weighted by Crippen LogP contribution is 2.23. The molecule has 1 unspecified atom stereocenters. The second kappa shape index (κ2) is 7.79. The van der Waals surface area contributed by atoms with Crippen LogP contribution in [0.4, 0.5) is 9.18 Å². The zero-order valence-corrected chi connectivity index (χ0v) is 14.2. The van der Waals surface area contributed by atoms with Crippen molar-refractivity contribution < 1.29 is 14.3 Å². The van der Waals surface area contributed by atoms with Crippen LogP contribution in [0.2, 0.25) is 5.02 Å². The molecule has 0 saturated heterocycles. The Morgan fingerprint density at radius 3 is 2.73 bits per heavy atom. The number of nitrogens with one attached hydrogen (secondary N) is 1. The molecule has 0 fully saturated rings. The molecule has 0 spiro atoms. The minimum atomic E-state index is -0.500. The van der Waals surface area contributed by atoms with E-state index in [-0.39, 0.29) is 35.7 Å². The minimum Gasteiger partial charge on any atom is -0.396 e. The van der Waals surface area contributed by atoms with Gasteiger partial charge in [0.05, 0.1) is 5.02 Å². The number of amides is 2. The van der Waals surface area contributed by atoms with Gasteiger partial charge in [-0.2, -0.15) is 0 Å². The average Bonchev–Trinajstić information content (AvgIpc) is 2.47. The molecule has 0 aliphatic rings. The monoisotopic (exact) mass is 330 g/mol. The van der Waals surface area contributed by atoms with E-state index >= 15 is 0 Å². The molecule has 2 amide bonds. The van der Waals surface area contributed by atoms with Gasteiger partial charge in [-0.3, -0.25) is 0 Å². The van der Waals surface area contributed by atoms with Crippen molar-refractivity contribution in [3.8, 4) is 0 Å². The first-order valence-corrected chi connectivity index (χ1v) is 7.60. The number of hydrogen-bond donors (Lipinski definition) is 2. The zero-order chi connectivity index (χ0) is 16.9. The van der Waals surface area contributed by atoms with E-state index in [1.165, 1.54) is 6.07 Å². The minimum absolute atomic E-state index is 0.0277. The van der Waals surface area contributed by atoms with E-state index in [1.54, 1.807) is 24.1 Å². The van der Waals surface area contributed by atoms with Gasteiger partial charge in [0.25, 0.3) is 0 Å². The van der Waals surface area contributed by atoms with Gasteiger partial charge in [0.1, 0.15) is 5.82 Å². The average molecular weight is 331 g/mol. The highest BCUT2D eigenvalue weighted by Gasteiger charge is 2.24. The fourth-order valence-electron chi connectivity index (χ4n) is 2.18. The molecule has 1 rings (SSSR count). The smallest absolute Gasteiger partial charge is 0.317 e. The molecule has 6 heteroatoms. The van der Waals surface area contributed by atoms with E-state index < -0.39 is 5.82 Å². The molecule has 1 aromatic rings. The number of rotatable bonds is 6. The Labute approximate surface area is 136 Å². The van der Waals surface area contributed by atoms with Crippen molar-refractivity contribution in [2.75, 3.05) is 13.7 Å². The van der Waals surface area contributed by atoms with Crippen LogP contribution < -0.4 is 5.32 Å². The highest BCUT2D eigenvalue weighted by atomic mass is 35.5. The molecular formula is C16H24ClFN2O2. The molecule has 4 nitrogen and oxygen atoms in total. The van der Waals surface area contributed by atoms with Crippen molar-refractivity contribution in [2.45, 2.75) is 39.8 Å². The standard InChI is InChI=1S/C16H24ClFN2O2/c1-11(8-16(2,3)10-21)20(4)15(22)19-9-12-6-5-7-13(18)14(12)17/h5-7,11,21H,8-10H2,1-4H3,(H,19,22). The van der Waals surface area contributed by atoms with E-state index in [2.05, 4.69) is 5.32 Å². The normalized spacial score (nSPS) is 12.9. The summed E-state index contributed by atoms with van der Waals surface area (Å²) in [6, 6.07) is 4.20. The zero-order valence-electron chi connectivity index (χ0n) is 13.5. The van der Waals surface area contributed by atoms with Gasteiger partial charge in [-0.25, -0.2) is 9.18 Å². The number of urea groups is 1. The fraction of sp³-hybridized carbons (Fsp3) is 0.562. The van der Waals surface area contributed by atoms with Gasteiger partial charge in [-0.05, 0) is 30.4 Å². The van der Waals surface area contributed by atoms with Gasteiger partial charge < -0.3 is 15.3 Å². The maximum atomic E-state index is 13.3. The number of hydrogen-bond acceptors (Lipinski definition) is 2. The Balaban J connectivity index is 2.59. The summed E-state index contributed by atoms with van der Waals surface area (Å²) in [5.41, 5.74) is 0.284. The summed E-state index contributed by atoms with van der Waals surface area (Å²) in [6.45, 7) is 6.04. The molecule has 124 valence electrons. The van der Waals surface area contributed by atoms with Crippen LogP contribution in [0.3, 0.4) is 0 Å². The predicted molar refractivity (Wildman–Crippen MR) is 86.4 cm³/mol. The topological polar surface area (TPSA) is 52.6 Å². The Bertz CT molecular complexity index is 523. The van der Waals surface area contributed by atoms with Crippen LogP contribution in [-0.4, -0.2) is 35.7 Å². The summed E-state index contributed by atoms with van der Waals surface area (Å²) < 4.78 is 13.3. The Kier molecular flexibility index (Phi) is 6.63. The molecule has 0 saturated carbocycles. The van der Waals surface area contributed by atoms with Crippen molar-refractivity contribution in [3.05, 3.63) is 34.6 Å². The summed E-state index contributed by atoms with van der Waals surface area (Å²) in [5, 5.41) is 12.1. The van der Waals surface area contributed by atoms with Crippen LogP contribution in [-0.2, 0) is 6.54 Å². The van der Waals surface area contributed by atoms with Crippen LogP contribution in [0.25, 0.3) is 0 Å².